The van der Waals surface area contributed by atoms with E-state index in [1.807, 2.05) is 38.1 Å². The van der Waals surface area contributed by atoms with Gasteiger partial charge < -0.3 is 15.8 Å². The van der Waals surface area contributed by atoms with Crippen LogP contribution < -0.4 is 15.8 Å². The molecule has 0 saturated carbocycles. The van der Waals surface area contributed by atoms with Gasteiger partial charge in [-0.2, -0.15) is 0 Å². The van der Waals surface area contributed by atoms with E-state index < -0.39 is 0 Å². The minimum Gasteiger partial charge on any atom is -0.456 e. The summed E-state index contributed by atoms with van der Waals surface area (Å²) in [4.78, 5) is 0. The van der Waals surface area contributed by atoms with Crippen molar-refractivity contribution in [2.75, 3.05) is 17.6 Å². The molecule has 0 bridgehead atoms. The number of nitrogens with two attached hydrogens (primary N) is 1. The van der Waals surface area contributed by atoms with Gasteiger partial charge in [0, 0.05) is 17.9 Å². The molecule has 0 aromatic heterocycles. The van der Waals surface area contributed by atoms with Gasteiger partial charge in [0.05, 0.1) is 5.02 Å². The van der Waals surface area contributed by atoms with E-state index in [4.69, 9.17) is 22.1 Å². The van der Waals surface area contributed by atoms with Gasteiger partial charge in [0.25, 0.3) is 0 Å². The normalized spacial score (nSPS) is 10.2. The molecule has 0 unspecified atom stereocenters. The van der Waals surface area contributed by atoms with E-state index in [0.717, 1.165) is 35.5 Å². The molecule has 0 atom stereocenters. The zero-order valence-electron chi connectivity index (χ0n) is 16.2. The molecule has 3 N–H and O–H groups in total. The molecule has 2 aromatic rings. The summed E-state index contributed by atoms with van der Waals surface area (Å²) < 4.78 is 6.03. The summed E-state index contributed by atoms with van der Waals surface area (Å²) in [5, 5.41) is 3.99. The Bertz CT molecular complexity index is 684. The number of rotatable bonds is 6. The molecule has 0 heterocycles. The lowest BCUT2D eigenvalue weighted by atomic mass is 10.1. The highest BCUT2D eigenvalue weighted by molar-refractivity contribution is 6.32. The van der Waals surface area contributed by atoms with Gasteiger partial charge in [-0.1, -0.05) is 46.2 Å². The number of benzene rings is 2. The summed E-state index contributed by atoms with van der Waals surface area (Å²) in [6.07, 6.45) is 0.813. The molecule has 0 radical (unpaired) electrons. The number of aryl methyl sites for hydroxylation is 2. The Morgan fingerprint density at radius 1 is 1.16 bits per heavy atom. The standard InChI is InChI=1S/C19H25ClN2O.C2H6/c1-5-14-9-15(21)10-17(20)19(14)23-16-6-7-18(13(4)8-16)22-11-12(2)3;1-2/h6-10,12,22H,5,11,21H2,1-4H3;1-2H3. The molecule has 25 heavy (non-hydrogen) atoms. The van der Waals surface area contributed by atoms with Crippen LogP contribution in [0.3, 0.4) is 0 Å². The fourth-order valence-corrected chi connectivity index (χ4v) is 2.67. The molecule has 0 amide bonds. The molecule has 4 heteroatoms. The van der Waals surface area contributed by atoms with Crippen molar-refractivity contribution >= 4 is 23.0 Å². The third-order valence-corrected chi connectivity index (χ3v) is 3.92. The van der Waals surface area contributed by atoms with Crippen molar-refractivity contribution in [1.82, 2.24) is 0 Å². The predicted molar refractivity (Wildman–Crippen MR) is 111 cm³/mol. The van der Waals surface area contributed by atoms with E-state index in [1.54, 1.807) is 6.07 Å². The zero-order chi connectivity index (χ0) is 19.0. The first-order chi connectivity index (χ1) is 11.9. The third-order valence-electron chi connectivity index (χ3n) is 3.64. The maximum atomic E-state index is 6.30. The summed E-state index contributed by atoms with van der Waals surface area (Å²) in [5.74, 6) is 2.07. The highest BCUT2D eigenvalue weighted by atomic mass is 35.5. The first-order valence-corrected chi connectivity index (χ1v) is 9.38. The summed E-state index contributed by atoms with van der Waals surface area (Å²) in [7, 11) is 0. The van der Waals surface area contributed by atoms with Crippen LogP contribution in [0.25, 0.3) is 0 Å². The number of halogens is 1. The number of hydrogen-bond donors (Lipinski definition) is 2. The van der Waals surface area contributed by atoms with Crippen molar-refractivity contribution in [2.24, 2.45) is 5.92 Å². The molecule has 138 valence electrons. The predicted octanol–water partition coefficient (Wildman–Crippen LogP) is 6.68. The van der Waals surface area contributed by atoms with E-state index in [1.165, 1.54) is 0 Å². The van der Waals surface area contributed by atoms with Gasteiger partial charge in [0.15, 0.2) is 0 Å². The van der Waals surface area contributed by atoms with Crippen LogP contribution in [0.15, 0.2) is 30.3 Å². The zero-order valence-corrected chi connectivity index (χ0v) is 17.0. The summed E-state index contributed by atoms with van der Waals surface area (Å²) in [5.41, 5.74) is 9.79. The van der Waals surface area contributed by atoms with Gasteiger partial charge in [-0.3, -0.25) is 0 Å². The van der Waals surface area contributed by atoms with Gasteiger partial charge >= 0.3 is 0 Å². The SMILES string of the molecule is CC.CCc1cc(N)cc(Cl)c1Oc1ccc(NCC(C)C)c(C)c1. The lowest BCUT2D eigenvalue weighted by molar-refractivity contribution is 0.477. The highest BCUT2D eigenvalue weighted by Gasteiger charge is 2.11. The van der Waals surface area contributed by atoms with Crippen molar-refractivity contribution < 1.29 is 4.74 Å². The van der Waals surface area contributed by atoms with Crippen LogP contribution >= 0.6 is 11.6 Å². The molecule has 0 aliphatic rings. The maximum Gasteiger partial charge on any atom is 0.149 e. The van der Waals surface area contributed by atoms with Crippen molar-refractivity contribution in [3.8, 4) is 11.5 Å². The Kier molecular flexibility index (Phi) is 8.64. The molecule has 2 rings (SSSR count). The van der Waals surface area contributed by atoms with E-state index in [2.05, 4.69) is 33.0 Å². The minimum atomic E-state index is 0.543. The molecular formula is C21H31ClN2O. The van der Waals surface area contributed by atoms with Crippen molar-refractivity contribution in [2.45, 2.75) is 48.0 Å². The second kappa shape index (κ2) is 10.2. The number of anilines is 2. The van der Waals surface area contributed by atoms with Gasteiger partial charge in [-0.25, -0.2) is 0 Å². The summed E-state index contributed by atoms with van der Waals surface area (Å²) in [6.45, 7) is 13.5. The molecule has 0 fully saturated rings. The number of nitrogens with one attached hydrogen (secondary N) is 1. The average Bonchev–Trinajstić information content (AvgIpc) is 2.58. The van der Waals surface area contributed by atoms with Gasteiger partial charge in [0.1, 0.15) is 11.5 Å². The molecule has 2 aromatic carbocycles. The highest BCUT2D eigenvalue weighted by Crippen LogP contribution is 2.36. The van der Waals surface area contributed by atoms with Crippen LogP contribution in [-0.2, 0) is 6.42 Å². The fraction of sp³-hybridized carbons (Fsp3) is 0.429. The average molecular weight is 363 g/mol. The molecule has 0 spiro atoms. The monoisotopic (exact) mass is 362 g/mol. The lowest BCUT2D eigenvalue weighted by Gasteiger charge is -2.16. The Hall–Kier alpha value is -1.87. The summed E-state index contributed by atoms with van der Waals surface area (Å²) >= 11 is 6.30. The minimum absolute atomic E-state index is 0.543. The quantitative estimate of drug-likeness (QED) is 0.563. The summed E-state index contributed by atoms with van der Waals surface area (Å²) in [6, 6.07) is 9.66. The van der Waals surface area contributed by atoms with Crippen molar-refractivity contribution in [1.29, 1.82) is 0 Å². The maximum absolute atomic E-state index is 6.30. The Morgan fingerprint density at radius 3 is 2.40 bits per heavy atom. The van der Waals surface area contributed by atoms with E-state index in [9.17, 15) is 0 Å². The van der Waals surface area contributed by atoms with E-state index >= 15 is 0 Å². The third kappa shape index (κ3) is 6.17. The number of hydrogen-bond acceptors (Lipinski definition) is 3. The van der Waals surface area contributed by atoms with Crippen LogP contribution in [0.2, 0.25) is 5.02 Å². The second-order valence-corrected chi connectivity index (χ2v) is 6.61. The Balaban J connectivity index is 0.00000151. The molecule has 0 saturated heterocycles. The number of ether oxygens (including phenoxy) is 1. The van der Waals surface area contributed by atoms with E-state index in [-0.39, 0.29) is 0 Å². The van der Waals surface area contributed by atoms with Gasteiger partial charge in [-0.15, -0.1) is 0 Å². The second-order valence-electron chi connectivity index (χ2n) is 6.20. The van der Waals surface area contributed by atoms with E-state index in [0.29, 0.717) is 22.4 Å². The van der Waals surface area contributed by atoms with Crippen LogP contribution in [-0.4, -0.2) is 6.54 Å². The molecule has 0 aliphatic heterocycles. The fourth-order valence-electron chi connectivity index (χ4n) is 2.38. The Morgan fingerprint density at radius 2 is 1.84 bits per heavy atom. The van der Waals surface area contributed by atoms with Crippen molar-refractivity contribution in [3.63, 3.8) is 0 Å². The van der Waals surface area contributed by atoms with Crippen LogP contribution in [0.4, 0.5) is 11.4 Å². The van der Waals surface area contributed by atoms with Crippen LogP contribution in [0.1, 0.15) is 45.7 Å². The molecule has 0 aliphatic carbocycles. The lowest BCUT2D eigenvalue weighted by Crippen LogP contribution is -2.08. The van der Waals surface area contributed by atoms with Gasteiger partial charge in [0.2, 0.25) is 0 Å². The molecular weight excluding hydrogens is 332 g/mol. The van der Waals surface area contributed by atoms with Crippen LogP contribution in [0.5, 0.6) is 11.5 Å². The smallest absolute Gasteiger partial charge is 0.149 e. The van der Waals surface area contributed by atoms with Gasteiger partial charge in [-0.05, 0) is 60.7 Å². The van der Waals surface area contributed by atoms with Crippen molar-refractivity contribution in [3.05, 3.63) is 46.5 Å². The molecule has 3 nitrogen and oxygen atoms in total. The first-order valence-electron chi connectivity index (χ1n) is 9.01. The topological polar surface area (TPSA) is 47.3 Å². The number of nitrogen functional groups attached to an aromatic ring is 1. The van der Waals surface area contributed by atoms with Crippen LogP contribution in [0, 0.1) is 12.8 Å². The first kappa shape index (κ1) is 21.2. The Labute approximate surface area is 157 Å². The largest absolute Gasteiger partial charge is 0.456 e.